The monoisotopic (exact) mass is 299 g/mol. The van der Waals surface area contributed by atoms with Crippen LogP contribution >= 0.6 is 23.2 Å². The predicted molar refractivity (Wildman–Crippen MR) is 79.8 cm³/mol. The average Bonchev–Trinajstić information content (AvgIpc) is 2.40. The zero-order chi connectivity index (χ0) is 13.7. The van der Waals surface area contributed by atoms with E-state index in [1.165, 1.54) is 12.8 Å². The van der Waals surface area contributed by atoms with E-state index in [0.29, 0.717) is 23.9 Å². The van der Waals surface area contributed by atoms with Gasteiger partial charge in [-0.1, -0.05) is 36.6 Å². The summed E-state index contributed by atoms with van der Waals surface area (Å²) in [4.78, 5) is 11.9. The van der Waals surface area contributed by atoms with Crippen molar-refractivity contribution < 1.29 is 4.79 Å². The molecule has 0 radical (unpaired) electrons. The minimum atomic E-state index is 0.0526. The molecule has 4 heteroatoms. The van der Waals surface area contributed by atoms with Gasteiger partial charge in [-0.25, -0.2) is 0 Å². The van der Waals surface area contributed by atoms with Crippen molar-refractivity contribution in [2.24, 2.45) is 5.92 Å². The average molecular weight is 300 g/mol. The molecule has 2 unspecified atom stereocenters. The van der Waals surface area contributed by atoms with Crippen molar-refractivity contribution in [1.29, 1.82) is 0 Å². The summed E-state index contributed by atoms with van der Waals surface area (Å²) in [5.74, 6) is 0.473. The molecule has 0 aliphatic heterocycles. The smallest absolute Gasteiger partial charge is 0.224 e. The fourth-order valence-corrected chi connectivity index (χ4v) is 2.98. The van der Waals surface area contributed by atoms with Gasteiger partial charge in [0.25, 0.3) is 0 Å². The molecule has 1 amide bonds. The number of nitrogens with one attached hydrogen (secondary N) is 1. The van der Waals surface area contributed by atoms with Crippen LogP contribution in [0.25, 0.3) is 0 Å². The summed E-state index contributed by atoms with van der Waals surface area (Å²) in [6, 6.07) is 7.37. The summed E-state index contributed by atoms with van der Waals surface area (Å²) >= 11 is 12.1. The van der Waals surface area contributed by atoms with Crippen molar-refractivity contribution in [3.8, 4) is 0 Å². The number of rotatable bonds is 4. The van der Waals surface area contributed by atoms with Crippen molar-refractivity contribution >= 4 is 29.1 Å². The summed E-state index contributed by atoms with van der Waals surface area (Å²) in [6.07, 6.45) is 5.02. The third-order valence-electron chi connectivity index (χ3n) is 3.66. The van der Waals surface area contributed by atoms with Crippen LogP contribution in [0.3, 0.4) is 0 Å². The van der Waals surface area contributed by atoms with Crippen LogP contribution in [0.4, 0.5) is 0 Å². The fourth-order valence-electron chi connectivity index (χ4n) is 2.49. The van der Waals surface area contributed by atoms with E-state index in [-0.39, 0.29) is 11.3 Å². The standard InChI is InChI=1S/C15H19Cl2NO/c16-13-7-5-11(6-8-13)9-15(19)18-10-12-3-1-2-4-14(12)17/h5-8,12,14H,1-4,9-10H2,(H,18,19). The van der Waals surface area contributed by atoms with Crippen molar-refractivity contribution in [3.05, 3.63) is 34.9 Å². The van der Waals surface area contributed by atoms with Crippen LogP contribution in [0.15, 0.2) is 24.3 Å². The van der Waals surface area contributed by atoms with E-state index in [4.69, 9.17) is 23.2 Å². The molecule has 1 aromatic carbocycles. The largest absolute Gasteiger partial charge is 0.355 e. The van der Waals surface area contributed by atoms with Gasteiger partial charge in [-0.05, 0) is 36.5 Å². The molecule has 1 aliphatic rings. The first-order valence-electron chi connectivity index (χ1n) is 6.80. The third-order valence-corrected chi connectivity index (χ3v) is 4.48. The van der Waals surface area contributed by atoms with E-state index < -0.39 is 0 Å². The van der Waals surface area contributed by atoms with Gasteiger partial charge in [-0.15, -0.1) is 11.6 Å². The number of halogens is 2. The highest BCUT2D eigenvalue weighted by atomic mass is 35.5. The molecule has 19 heavy (non-hydrogen) atoms. The number of hydrogen-bond acceptors (Lipinski definition) is 1. The Kier molecular flexibility index (Phi) is 5.53. The first-order chi connectivity index (χ1) is 9.15. The molecule has 1 N–H and O–H groups in total. The Labute approximate surface area is 124 Å². The van der Waals surface area contributed by atoms with Crippen LogP contribution in [-0.4, -0.2) is 17.8 Å². The zero-order valence-electron chi connectivity index (χ0n) is 10.9. The Morgan fingerprint density at radius 2 is 1.89 bits per heavy atom. The van der Waals surface area contributed by atoms with Gasteiger partial charge in [0.1, 0.15) is 0 Å². The van der Waals surface area contributed by atoms with Gasteiger partial charge in [0.2, 0.25) is 5.91 Å². The lowest BCUT2D eigenvalue weighted by Crippen LogP contribution is -2.35. The Morgan fingerprint density at radius 1 is 1.21 bits per heavy atom. The van der Waals surface area contributed by atoms with E-state index in [0.717, 1.165) is 18.4 Å². The lowest BCUT2D eigenvalue weighted by molar-refractivity contribution is -0.120. The third kappa shape index (κ3) is 4.70. The fraction of sp³-hybridized carbons (Fsp3) is 0.533. The molecule has 0 aromatic heterocycles. The summed E-state index contributed by atoms with van der Waals surface area (Å²) in [6.45, 7) is 0.695. The maximum absolute atomic E-state index is 11.9. The van der Waals surface area contributed by atoms with Crippen molar-refractivity contribution in [2.45, 2.75) is 37.5 Å². The summed E-state index contributed by atoms with van der Waals surface area (Å²) in [5.41, 5.74) is 0.980. The Bertz CT molecular complexity index is 419. The lowest BCUT2D eigenvalue weighted by Gasteiger charge is -2.27. The number of alkyl halides is 1. The summed E-state index contributed by atoms with van der Waals surface area (Å²) < 4.78 is 0. The second-order valence-electron chi connectivity index (χ2n) is 5.17. The minimum absolute atomic E-state index is 0.0526. The van der Waals surface area contributed by atoms with Crippen LogP contribution in [0, 0.1) is 5.92 Å². The highest BCUT2D eigenvalue weighted by Gasteiger charge is 2.23. The Morgan fingerprint density at radius 3 is 2.58 bits per heavy atom. The molecule has 104 valence electrons. The van der Waals surface area contributed by atoms with Crippen LogP contribution in [0.5, 0.6) is 0 Å². The predicted octanol–water partition coefficient (Wildman–Crippen LogP) is 3.80. The first kappa shape index (κ1) is 14.7. The number of benzene rings is 1. The van der Waals surface area contributed by atoms with E-state index in [2.05, 4.69) is 5.32 Å². The molecule has 2 atom stereocenters. The van der Waals surface area contributed by atoms with Gasteiger partial charge in [-0.3, -0.25) is 4.79 Å². The molecule has 0 spiro atoms. The normalized spacial score (nSPS) is 23.1. The van der Waals surface area contributed by atoms with Crippen LogP contribution in [0.1, 0.15) is 31.2 Å². The van der Waals surface area contributed by atoms with E-state index in [1.807, 2.05) is 12.1 Å². The van der Waals surface area contributed by atoms with Crippen molar-refractivity contribution in [2.75, 3.05) is 6.54 Å². The quantitative estimate of drug-likeness (QED) is 0.842. The van der Waals surface area contributed by atoms with Gasteiger partial charge < -0.3 is 5.32 Å². The summed E-state index contributed by atoms with van der Waals surface area (Å²) in [5, 5.41) is 3.89. The number of hydrogen-bond donors (Lipinski definition) is 1. The number of amides is 1. The first-order valence-corrected chi connectivity index (χ1v) is 7.62. The summed E-state index contributed by atoms with van der Waals surface area (Å²) in [7, 11) is 0. The molecule has 0 bridgehead atoms. The lowest BCUT2D eigenvalue weighted by atomic mass is 9.88. The molecule has 1 saturated carbocycles. The maximum Gasteiger partial charge on any atom is 0.224 e. The zero-order valence-corrected chi connectivity index (χ0v) is 12.4. The van der Waals surface area contributed by atoms with Crippen LogP contribution in [0.2, 0.25) is 5.02 Å². The van der Waals surface area contributed by atoms with Crippen LogP contribution in [-0.2, 0) is 11.2 Å². The molecule has 2 rings (SSSR count). The van der Waals surface area contributed by atoms with E-state index >= 15 is 0 Å². The van der Waals surface area contributed by atoms with Crippen molar-refractivity contribution in [3.63, 3.8) is 0 Å². The Balaban J connectivity index is 1.76. The SMILES string of the molecule is O=C(Cc1ccc(Cl)cc1)NCC1CCCCC1Cl. The molecule has 0 saturated heterocycles. The van der Waals surface area contributed by atoms with Gasteiger partial charge in [0.05, 0.1) is 6.42 Å². The second kappa shape index (κ2) is 7.16. The van der Waals surface area contributed by atoms with E-state index in [9.17, 15) is 4.79 Å². The molecular weight excluding hydrogens is 281 g/mol. The van der Waals surface area contributed by atoms with E-state index in [1.54, 1.807) is 12.1 Å². The topological polar surface area (TPSA) is 29.1 Å². The molecular formula is C15H19Cl2NO. The van der Waals surface area contributed by atoms with Gasteiger partial charge in [0.15, 0.2) is 0 Å². The molecule has 1 aromatic rings. The molecule has 1 fully saturated rings. The van der Waals surface area contributed by atoms with Crippen LogP contribution < -0.4 is 5.32 Å². The number of carbonyl (C=O) groups excluding carboxylic acids is 1. The molecule has 0 heterocycles. The highest BCUT2D eigenvalue weighted by molar-refractivity contribution is 6.30. The highest BCUT2D eigenvalue weighted by Crippen LogP contribution is 2.27. The molecule has 1 aliphatic carbocycles. The minimum Gasteiger partial charge on any atom is -0.355 e. The number of carbonyl (C=O) groups is 1. The van der Waals surface area contributed by atoms with Gasteiger partial charge in [0, 0.05) is 16.9 Å². The second-order valence-corrected chi connectivity index (χ2v) is 6.16. The molecule has 2 nitrogen and oxygen atoms in total. The Hall–Kier alpha value is -0.730. The van der Waals surface area contributed by atoms with Gasteiger partial charge >= 0.3 is 0 Å². The van der Waals surface area contributed by atoms with Crippen molar-refractivity contribution in [1.82, 2.24) is 5.32 Å². The maximum atomic E-state index is 11.9. The van der Waals surface area contributed by atoms with Gasteiger partial charge in [-0.2, -0.15) is 0 Å².